The van der Waals surface area contributed by atoms with E-state index in [1.54, 1.807) is 0 Å². The number of phenols is 8. The largest absolute Gasteiger partial charge is 0.507 e. The first-order valence-electron chi connectivity index (χ1n) is 44.4. The predicted octanol–water partition coefficient (Wildman–Crippen LogP) is 21.3. The molecule has 0 unspecified atom stereocenters. The fraction of sp³-hybridized carbons (Fsp3) is 0.739. The Labute approximate surface area is 635 Å². The van der Waals surface area contributed by atoms with Crippen molar-refractivity contribution in [3.8, 4) is 46.0 Å². The number of unbranched alkanes of at least 4 members (excludes halogenated alkanes) is 36. The van der Waals surface area contributed by atoms with Gasteiger partial charge < -0.3 is 62.1 Å². The van der Waals surface area contributed by atoms with Gasteiger partial charge in [0.05, 0.1) is 48.4 Å². The third-order valence-corrected chi connectivity index (χ3v) is 23.5. The van der Waals surface area contributed by atoms with Crippen LogP contribution in [0, 0.1) is 0 Å². The van der Waals surface area contributed by atoms with E-state index in [-0.39, 0.29) is 46.0 Å². The Morgan fingerprint density at radius 3 is 0.471 bits per heavy atom. The van der Waals surface area contributed by atoms with E-state index in [2.05, 4.69) is 76.7 Å². The molecule has 0 atom stereocenters. The summed E-state index contributed by atoms with van der Waals surface area (Å²) in [7, 11) is 0. The molecule has 4 aromatic carbocycles. The average Bonchev–Trinajstić information content (AvgIpc) is 0.741. The van der Waals surface area contributed by atoms with Gasteiger partial charge in [0, 0.05) is 68.2 Å². The fourth-order valence-corrected chi connectivity index (χ4v) is 16.9. The summed E-state index contributed by atoms with van der Waals surface area (Å²) in [6, 6.07) is 8.17. The molecule has 12 heteroatoms. The van der Waals surface area contributed by atoms with E-state index in [4.69, 9.17) is 0 Å². The molecule has 0 spiro atoms. The summed E-state index contributed by atoms with van der Waals surface area (Å²) < 4.78 is 0. The second kappa shape index (κ2) is 53.8. The molecule has 5 rings (SSSR count). The fourth-order valence-electron chi connectivity index (χ4n) is 16.9. The van der Waals surface area contributed by atoms with Crippen molar-refractivity contribution in [3.05, 3.63) is 91.0 Å². The Balaban J connectivity index is 2.04. The second-order valence-corrected chi connectivity index (χ2v) is 32.1. The molecule has 12 nitrogen and oxygen atoms in total. The van der Waals surface area contributed by atoms with E-state index in [0.29, 0.717) is 119 Å². The number of fused-ring (bicyclic) bond motifs is 8. The standard InChI is InChI=1S/C92H156N4O8/c1-9-17-25-29-33-37-41-45-49-53-69-73-61-75(87(99)81(85(73)97)65-93-57-21-13-5)70(54-50-46-42-38-34-30-26-18-10-2)77-63-79(91(103)83(89(77)101)67-95-59-23-15-7)72(56-52-48-44-40-36-32-28-20-12-4)80-64-78(90(102)84(92(80)104)68-96-60-24-16-8)71(55-51-47-43-39-35-31-27-19-11-3)76-62-74(69)86(98)82(88(76)100)66-94-58-22-14-6/h61-64,69-72,93-104H,9-60,65-68H2,1-8H3/p+4. The Morgan fingerprint density at radius 1 is 0.192 bits per heavy atom. The zero-order valence-corrected chi connectivity index (χ0v) is 68.1. The Morgan fingerprint density at radius 2 is 0.327 bits per heavy atom. The van der Waals surface area contributed by atoms with Gasteiger partial charge in [-0.2, -0.15) is 0 Å². The van der Waals surface area contributed by atoms with E-state index in [1.807, 2.05) is 24.3 Å². The summed E-state index contributed by atoms with van der Waals surface area (Å²) in [5.74, 6) is -2.24. The van der Waals surface area contributed by atoms with Gasteiger partial charge in [-0.3, -0.25) is 0 Å². The van der Waals surface area contributed by atoms with Crippen LogP contribution in [-0.2, 0) is 26.2 Å². The van der Waals surface area contributed by atoms with E-state index in [1.165, 1.54) is 128 Å². The number of benzene rings is 4. The van der Waals surface area contributed by atoms with Crippen molar-refractivity contribution < 1.29 is 62.1 Å². The molecule has 4 aromatic rings. The maximum absolute atomic E-state index is 13.5. The van der Waals surface area contributed by atoms with Crippen molar-refractivity contribution in [2.45, 2.75) is 413 Å². The highest BCUT2D eigenvalue weighted by molar-refractivity contribution is 5.67. The Bertz CT molecular complexity index is 2440. The highest BCUT2D eigenvalue weighted by atomic mass is 16.3. The molecule has 8 bridgehead atoms. The normalized spacial score (nSPS) is 15.2. The van der Waals surface area contributed by atoms with Crippen LogP contribution in [-0.4, -0.2) is 67.0 Å². The lowest BCUT2D eigenvalue weighted by Crippen LogP contribution is -2.82. The number of phenolic OH excluding ortho intramolecular Hbond substituents is 8. The van der Waals surface area contributed by atoms with Crippen molar-refractivity contribution in [1.82, 2.24) is 0 Å². The van der Waals surface area contributed by atoms with Crippen LogP contribution in [0.1, 0.15) is 454 Å². The summed E-state index contributed by atoms with van der Waals surface area (Å²) in [5.41, 5.74) is 6.77. The van der Waals surface area contributed by atoms with Crippen LogP contribution in [0.25, 0.3) is 0 Å². The first-order chi connectivity index (χ1) is 50.8. The maximum Gasteiger partial charge on any atom is 0.132 e. The highest BCUT2D eigenvalue weighted by Gasteiger charge is 2.38. The second-order valence-electron chi connectivity index (χ2n) is 32.1. The van der Waals surface area contributed by atoms with Crippen LogP contribution in [0.4, 0.5) is 0 Å². The van der Waals surface area contributed by atoms with Crippen LogP contribution in [0.2, 0.25) is 0 Å². The SMILES string of the molecule is CCCCCCCCCCCC1c2cc(c(O)c(C[NH2+]CCCC)c2O)C(CCCCCCCCCCC)c2cc(c(O)c(C[NH2+]CCCC)c2O)C(CCCCCCCCCCC)c2cc(c(O)c(C[NH2+]CCCC)c2O)C(CCCCCCCCCCC)c2cc1c(O)c(C[NH2+]CCCC)c2O. The molecule has 0 saturated carbocycles. The molecule has 104 heavy (non-hydrogen) atoms. The summed E-state index contributed by atoms with van der Waals surface area (Å²) >= 11 is 0. The molecule has 16 N–H and O–H groups in total. The first-order valence-corrected chi connectivity index (χ1v) is 44.4. The molecular weight excluding hydrogens is 1290 g/mol. The molecule has 0 aliphatic heterocycles. The molecule has 1 aliphatic rings. The summed E-state index contributed by atoms with van der Waals surface area (Å²) in [4.78, 5) is 0. The summed E-state index contributed by atoms with van der Waals surface area (Å²) in [6.07, 6.45) is 50.7. The first kappa shape index (κ1) is 89.7. The third kappa shape index (κ3) is 29.3. The minimum absolute atomic E-state index is 0.0202. The van der Waals surface area contributed by atoms with Gasteiger partial charge in [0.25, 0.3) is 0 Å². The van der Waals surface area contributed by atoms with Crippen molar-refractivity contribution in [1.29, 1.82) is 0 Å². The highest BCUT2D eigenvalue weighted by Crippen LogP contribution is 2.56. The zero-order chi connectivity index (χ0) is 75.1. The molecule has 0 amide bonds. The zero-order valence-electron chi connectivity index (χ0n) is 68.1. The molecule has 0 aromatic heterocycles. The minimum atomic E-state index is -0.599. The topological polar surface area (TPSA) is 228 Å². The van der Waals surface area contributed by atoms with Crippen LogP contribution in [0.15, 0.2) is 24.3 Å². The minimum Gasteiger partial charge on any atom is -0.507 e. The van der Waals surface area contributed by atoms with Gasteiger partial charge in [-0.05, 0) is 75.6 Å². The number of aromatic hydroxyl groups is 8. The monoisotopic (exact) mass is 1450 g/mol. The van der Waals surface area contributed by atoms with Crippen molar-refractivity contribution in [3.63, 3.8) is 0 Å². The van der Waals surface area contributed by atoms with Gasteiger partial charge in [-0.25, -0.2) is 0 Å². The van der Waals surface area contributed by atoms with Gasteiger partial charge in [0.1, 0.15) is 72.2 Å². The lowest BCUT2D eigenvalue weighted by Gasteiger charge is -2.31. The molecule has 0 heterocycles. The number of hydrogen-bond acceptors (Lipinski definition) is 8. The molecule has 592 valence electrons. The van der Waals surface area contributed by atoms with Crippen molar-refractivity contribution >= 4 is 0 Å². The number of nitrogens with two attached hydrogens (primary N) is 4. The maximum atomic E-state index is 13.5. The number of rotatable bonds is 60. The smallest absolute Gasteiger partial charge is 0.132 e. The van der Waals surface area contributed by atoms with Gasteiger partial charge in [0.2, 0.25) is 0 Å². The van der Waals surface area contributed by atoms with Crippen LogP contribution in [0.5, 0.6) is 46.0 Å². The van der Waals surface area contributed by atoms with E-state index >= 15 is 0 Å². The van der Waals surface area contributed by atoms with E-state index < -0.39 is 23.7 Å². The molecule has 0 saturated heterocycles. The quantitative estimate of drug-likeness (QED) is 0.0190. The molecule has 1 aliphatic carbocycles. The van der Waals surface area contributed by atoms with Gasteiger partial charge in [0.15, 0.2) is 0 Å². The van der Waals surface area contributed by atoms with Gasteiger partial charge in [-0.15, -0.1) is 0 Å². The van der Waals surface area contributed by atoms with Gasteiger partial charge >= 0.3 is 0 Å². The molecule has 0 fully saturated rings. The Hall–Kier alpha value is -4.88. The lowest BCUT2D eigenvalue weighted by atomic mass is 9.74. The number of hydrogen-bond donors (Lipinski definition) is 12. The molecule has 0 radical (unpaired) electrons. The van der Waals surface area contributed by atoms with Crippen molar-refractivity contribution in [2.75, 3.05) is 26.2 Å². The van der Waals surface area contributed by atoms with E-state index in [9.17, 15) is 40.9 Å². The predicted molar refractivity (Wildman–Crippen MR) is 435 cm³/mol. The van der Waals surface area contributed by atoms with Crippen LogP contribution >= 0.6 is 0 Å². The molecular formula is C92H160N4O8+4. The average molecular weight is 1450 g/mol. The Kier molecular flexibility index (Phi) is 46.5. The lowest BCUT2D eigenvalue weighted by molar-refractivity contribution is -0.671. The summed E-state index contributed by atoms with van der Waals surface area (Å²) in [6.45, 7) is 22.3. The summed E-state index contributed by atoms with van der Waals surface area (Å²) in [5, 5.41) is 117. The van der Waals surface area contributed by atoms with Crippen molar-refractivity contribution in [2.24, 2.45) is 0 Å². The van der Waals surface area contributed by atoms with Crippen LogP contribution in [0.3, 0.4) is 0 Å². The van der Waals surface area contributed by atoms with Gasteiger partial charge in [-0.1, -0.05) is 312 Å². The number of quaternary nitrogens is 4. The van der Waals surface area contributed by atoms with Crippen LogP contribution < -0.4 is 21.3 Å². The van der Waals surface area contributed by atoms with E-state index in [0.717, 1.165) is 180 Å². The third-order valence-electron chi connectivity index (χ3n) is 23.5.